The average Bonchev–Trinajstić information content (AvgIpc) is 3.25. The Morgan fingerprint density at radius 3 is 2.59 bits per heavy atom. The molecule has 0 spiro atoms. The van der Waals surface area contributed by atoms with Gasteiger partial charge >= 0.3 is 0 Å². The molecule has 3 fully saturated rings. The number of piperidine rings is 2. The number of imide groups is 1. The fourth-order valence-electron chi connectivity index (χ4n) is 6.03. The number of likely N-dealkylation sites (tertiary alicyclic amines) is 1. The summed E-state index contributed by atoms with van der Waals surface area (Å²) < 4.78 is 11.5. The van der Waals surface area contributed by atoms with Crippen molar-refractivity contribution in [1.82, 2.24) is 15.1 Å². The van der Waals surface area contributed by atoms with Gasteiger partial charge in [0.2, 0.25) is 11.8 Å². The Hall–Kier alpha value is -3.72. The van der Waals surface area contributed by atoms with Crippen molar-refractivity contribution in [3.05, 3.63) is 64.7 Å². The first-order valence-corrected chi connectivity index (χ1v) is 13.7. The van der Waals surface area contributed by atoms with E-state index < -0.39 is 11.9 Å². The van der Waals surface area contributed by atoms with Crippen LogP contribution in [0.1, 0.15) is 70.9 Å². The molecule has 0 aromatic heterocycles. The normalized spacial score (nSPS) is 24.2. The molecule has 204 valence electrons. The first kappa shape index (κ1) is 25.6. The number of rotatable bonds is 6. The third-order valence-corrected chi connectivity index (χ3v) is 8.50. The van der Waals surface area contributed by atoms with E-state index >= 15 is 0 Å². The molecule has 2 aromatic carbocycles. The highest BCUT2D eigenvalue weighted by molar-refractivity contribution is 6.05. The van der Waals surface area contributed by atoms with Crippen LogP contribution in [0.15, 0.2) is 42.5 Å². The maximum Gasteiger partial charge on any atom is 0.255 e. The zero-order chi connectivity index (χ0) is 27.1. The lowest BCUT2D eigenvalue weighted by atomic mass is 9.80. The number of carbonyl (C=O) groups is 4. The molecule has 4 aliphatic rings. The summed E-state index contributed by atoms with van der Waals surface area (Å²) in [6.07, 6.45) is 3.42. The number of amides is 4. The third kappa shape index (κ3) is 4.80. The molecular weight excluding hydrogens is 498 g/mol. The van der Waals surface area contributed by atoms with Crippen LogP contribution in [-0.2, 0) is 26.3 Å². The van der Waals surface area contributed by atoms with Crippen LogP contribution in [-0.4, -0.2) is 71.9 Å². The number of hydrogen-bond donors (Lipinski definition) is 1. The number of nitrogens with zero attached hydrogens (tertiary/aromatic N) is 2. The minimum Gasteiger partial charge on any atom is -0.491 e. The molecule has 1 unspecified atom stereocenters. The Bertz CT molecular complexity index is 1320. The zero-order valence-corrected chi connectivity index (χ0v) is 22.1. The van der Waals surface area contributed by atoms with Crippen molar-refractivity contribution in [2.24, 2.45) is 0 Å². The number of benzene rings is 2. The second-order valence-electron chi connectivity index (χ2n) is 11.3. The summed E-state index contributed by atoms with van der Waals surface area (Å²) in [5, 5.41) is 2.33. The van der Waals surface area contributed by atoms with E-state index in [0.717, 1.165) is 24.8 Å². The van der Waals surface area contributed by atoms with Crippen LogP contribution in [0.2, 0.25) is 0 Å². The Kier molecular flexibility index (Phi) is 6.62. The van der Waals surface area contributed by atoms with Crippen LogP contribution < -0.4 is 10.1 Å². The van der Waals surface area contributed by atoms with E-state index in [0.29, 0.717) is 56.2 Å². The molecule has 0 bridgehead atoms. The second-order valence-corrected chi connectivity index (χ2v) is 11.3. The Labute approximate surface area is 227 Å². The van der Waals surface area contributed by atoms with Gasteiger partial charge in [-0.2, -0.15) is 0 Å². The van der Waals surface area contributed by atoms with Crippen LogP contribution in [0, 0.1) is 0 Å². The summed E-state index contributed by atoms with van der Waals surface area (Å²) >= 11 is 0. The third-order valence-electron chi connectivity index (χ3n) is 8.50. The Morgan fingerprint density at radius 2 is 1.87 bits per heavy atom. The van der Waals surface area contributed by atoms with Gasteiger partial charge in [-0.05, 0) is 67.1 Å². The Morgan fingerprint density at radius 1 is 1.08 bits per heavy atom. The van der Waals surface area contributed by atoms with Crippen molar-refractivity contribution in [2.45, 2.75) is 63.1 Å². The van der Waals surface area contributed by atoms with Gasteiger partial charge in [0.1, 0.15) is 18.4 Å². The predicted octanol–water partition coefficient (Wildman–Crippen LogP) is 2.81. The maximum absolute atomic E-state index is 13.4. The Balaban J connectivity index is 1.10. The monoisotopic (exact) mass is 531 g/mol. The molecule has 1 N–H and O–H groups in total. The van der Waals surface area contributed by atoms with E-state index in [2.05, 4.69) is 12.2 Å². The van der Waals surface area contributed by atoms with Gasteiger partial charge in [-0.25, -0.2) is 0 Å². The van der Waals surface area contributed by atoms with Crippen LogP contribution in [0.25, 0.3) is 0 Å². The van der Waals surface area contributed by atoms with Gasteiger partial charge in [-0.3, -0.25) is 24.5 Å². The molecule has 39 heavy (non-hydrogen) atoms. The van der Waals surface area contributed by atoms with Crippen molar-refractivity contribution < 1.29 is 28.7 Å². The van der Waals surface area contributed by atoms with Crippen molar-refractivity contribution in [2.75, 3.05) is 26.4 Å². The summed E-state index contributed by atoms with van der Waals surface area (Å²) in [5.41, 5.74) is 3.24. The molecule has 6 rings (SSSR count). The fourth-order valence-corrected chi connectivity index (χ4v) is 6.03. The topological polar surface area (TPSA) is 105 Å². The molecule has 0 radical (unpaired) electrons. The molecular formula is C30H33N3O6. The largest absolute Gasteiger partial charge is 0.491 e. The summed E-state index contributed by atoms with van der Waals surface area (Å²) in [6, 6.07) is 12.6. The van der Waals surface area contributed by atoms with Crippen LogP contribution in [0.5, 0.6) is 5.75 Å². The lowest BCUT2D eigenvalue weighted by molar-refractivity contribution is -0.136. The van der Waals surface area contributed by atoms with Gasteiger partial charge in [0, 0.05) is 36.1 Å². The van der Waals surface area contributed by atoms with E-state index in [1.807, 2.05) is 35.2 Å². The summed E-state index contributed by atoms with van der Waals surface area (Å²) in [5.74, 6) is -0.289. The molecule has 2 atom stereocenters. The molecule has 3 saturated heterocycles. The van der Waals surface area contributed by atoms with Gasteiger partial charge in [-0.15, -0.1) is 0 Å². The van der Waals surface area contributed by atoms with Crippen LogP contribution in [0.3, 0.4) is 0 Å². The summed E-state index contributed by atoms with van der Waals surface area (Å²) in [7, 11) is 0. The fraction of sp³-hybridized carbons (Fsp3) is 0.467. The van der Waals surface area contributed by atoms with Gasteiger partial charge in [-0.1, -0.05) is 19.1 Å². The van der Waals surface area contributed by atoms with Crippen molar-refractivity contribution >= 4 is 23.6 Å². The smallest absolute Gasteiger partial charge is 0.255 e. The van der Waals surface area contributed by atoms with E-state index in [-0.39, 0.29) is 35.6 Å². The van der Waals surface area contributed by atoms with Gasteiger partial charge < -0.3 is 19.3 Å². The minimum atomic E-state index is -0.646. The number of fused-ring (bicyclic) bond motifs is 1. The van der Waals surface area contributed by atoms with E-state index in [1.54, 1.807) is 12.1 Å². The molecule has 9 heteroatoms. The quantitative estimate of drug-likeness (QED) is 0.575. The highest BCUT2D eigenvalue weighted by Gasteiger charge is 2.39. The highest BCUT2D eigenvalue weighted by Crippen LogP contribution is 2.33. The van der Waals surface area contributed by atoms with Crippen LogP contribution in [0.4, 0.5) is 0 Å². The number of nitrogens with one attached hydrogen (secondary N) is 1. The highest BCUT2D eigenvalue weighted by atomic mass is 16.5. The lowest BCUT2D eigenvalue weighted by Crippen LogP contribution is -2.52. The average molecular weight is 532 g/mol. The zero-order valence-electron chi connectivity index (χ0n) is 22.1. The number of carbonyl (C=O) groups excluding carboxylic acids is 4. The predicted molar refractivity (Wildman–Crippen MR) is 141 cm³/mol. The number of ether oxygens (including phenoxy) is 2. The summed E-state index contributed by atoms with van der Waals surface area (Å²) in [4.78, 5) is 53.7. The molecule has 4 aliphatic heterocycles. The minimum absolute atomic E-state index is 0.0179. The van der Waals surface area contributed by atoms with E-state index in [1.165, 1.54) is 10.5 Å². The van der Waals surface area contributed by atoms with E-state index in [4.69, 9.17) is 9.47 Å². The first-order valence-electron chi connectivity index (χ1n) is 13.7. The molecule has 0 saturated carbocycles. The molecule has 2 aromatic rings. The molecule has 4 amide bonds. The van der Waals surface area contributed by atoms with Crippen LogP contribution >= 0.6 is 0 Å². The maximum atomic E-state index is 13.4. The van der Waals surface area contributed by atoms with Gasteiger partial charge in [0.25, 0.3) is 11.8 Å². The molecule has 9 nitrogen and oxygen atoms in total. The van der Waals surface area contributed by atoms with Crippen molar-refractivity contribution in [3.8, 4) is 5.75 Å². The lowest BCUT2D eigenvalue weighted by Gasteiger charge is -2.39. The SMILES string of the molecule is CC1(c2ccc(C(=O)N3CCCC[C@@H]3COc3ccc4c(c3)CN(C3CCC(=O)NC3=O)C4=O)cc2)COC1. The van der Waals surface area contributed by atoms with Gasteiger partial charge in [0.05, 0.1) is 19.3 Å². The van der Waals surface area contributed by atoms with Crippen molar-refractivity contribution in [3.63, 3.8) is 0 Å². The second kappa shape index (κ2) is 10.1. The van der Waals surface area contributed by atoms with Crippen molar-refractivity contribution in [1.29, 1.82) is 0 Å². The summed E-state index contributed by atoms with van der Waals surface area (Å²) in [6.45, 7) is 4.94. The molecule has 0 aliphatic carbocycles. The van der Waals surface area contributed by atoms with E-state index in [9.17, 15) is 19.2 Å². The van der Waals surface area contributed by atoms with Gasteiger partial charge in [0.15, 0.2) is 0 Å². The molecule has 4 heterocycles. The first-order chi connectivity index (χ1) is 18.8. The standard InChI is InChI=1S/C30H33N3O6/c1-30(17-38-18-30)21-7-5-19(6-8-21)28(36)32-13-3-2-4-22(32)16-39-23-9-10-24-20(14-23)15-33(29(24)37)25-11-12-26(34)31-27(25)35/h5-10,14,22,25H,2-4,11-13,15-18H2,1H3,(H,31,34,35)/t22-,25?/m1/s1. The number of hydrogen-bond acceptors (Lipinski definition) is 6.